The van der Waals surface area contributed by atoms with E-state index < -0.39 is 0 Å². The molecule has 3 rings (SSSR count). The first kappa shape index (κ1) is 12.9. The largest absolute Gasteiger partial charge is 0.311 e. The Morgan fingerprint density at radius 1 is 1.11 bits per heavy atom. The van der Waals surface area contributed by atoms with Gasteiger partial charge in [0.25, 0.3) is 0 Å². The van der Waals surface area contributed by atoms with Crippen molar-refractivity contribution in [2.45, 2.75) is 89.9 Å². The van der Waals surface area contributed by atoms with E-state index in [9.17, 15) is 0 Å². The van der Waals surface area contributed by atoms with Crippen LogP contribution >= 0.6 is 0 Å². The summed E-state index contributed by atoms with van der Waals surface area (Å²) in [5, 5.41) is 3.78. The van der Waals surface area contributed by atoms with Gasteiger partial charge >= 0.3 is 0 Å². The average molecular weight is 250 g/mol. The lowest BCUT2D eigenvalue weighted by molar-refractivity contribution is 0.0504. The summed E-state index contributed by atoms with van der Waals surface area (Å²) in [5.41, 5.74) is 0.542. The van der Waals surface area contributed by atoms with Crippen molar-refractivity contribution in [1.29, 1.82) is 0 Å². The van der Waals surface area contributed by atoms with Gasteiger partial charge in [0, 0.05) is 24.2 Å². The lowest BCUT2D eigenvalue weighted by Gasteiger charge is -2.45. The molecule has 2 saturated heterocycles. The first-order chi connectivity index (χ1) is 8.60. The third kappa shape index (κ3) is 2.22. The quantitative estimate of drug-likeness (QED) is 0.827. The van der Waals surface area contributed by atoms with Crippen molar-refractivity contribution in [3.05, 3.63) is 0 Å². The smallest absolute Gasteiger partial charge is 0.0149 e. The number of piperidine rings is 1. The van der Waals surface area contributed by atoms with Crippen molar-refractivity contribution in [3.63, 3.8) is 0 Å². The highest BCUT2D eigenvalue weighted by Crippen LogP contribution is 2.43. The van der Waals surface area contributed by atoms with Crippen molar-refractivity contribution in [2.24, 2.45) is 5.41 Å². The molecule has 2 bridgehead atoms. The third-order valence-electron chi connectivity index (χ3n) is 5.88. The van der Waals surface area contributed by atoms with Crippen LogP contribution in [-0.2, 0) is 0 Å². The highest BCUT2D eigenvalue weighted by atomic mass is 15.2. The van der Waals surface area contributed by atoms with E-state index >= 15 is 0 Å². The van der Waals surface area contributed by atoms with Gasteiger partial charge in [-0.15, -0.1) is 0 Å². The predicted molar refractivity (Wildman–Crippen MR) is 76.8 cm³/mol. The Bertz CT molecular complexity index is 287. The summed E-state index contributed by atoms with van der Waals surface area (Å²) in [5.74, 6) is 0. The lowest BCUT2D eigenvalue weighted by atomic mass is 9.84. The minimum Gasteiger partial charge on any atom is -0.311 e. The summed E-state index contributed by atoms with van der Waals surface area (Å²) in [6.45, 7) is 8.60. The molecule has 18 heavy (non-hydrogen) atoms. The zero-order valence-corrected chi connectivity index (χ0v) is 12.4. The topological polar surface area (TPSA) is 15.3 Å². The Morgan fingerprint density at radius 3 is 2.28 bits per heavy atom. The molecule has 0 spiro atoms. The molecule has 2 heteroatoms. The van der Waals surface area contributed by atoms with E-state index in [1.165, 1.54) is 51.5 Å². The molecule has 3 fully saturated rings. The van der Waals surface area contributed by atoms with Gasteiger partial charge in [-0.3, -0.25) is 4.90 Å². The van der Waals surface area contributed by atoms with Crippen LogP contribution in [0.2, 0.25) is 0 Å². The summed E-state index contributed by atoms with van der Waals surface area (Å²) in [7, 11) is 0. The van der Waals surface area contributed by atoms with Crippen LogP contribution in [0.4, 0.5) is 0 Å². The molecular weight excluding hydrogens is 220 g/mol. The van der Waals surface area contributed by atoms with Gasteiger partial charge in [0.05, 0.1) is 0 Å². The second-order valence-electron chi connectivity index (χ2n) is 7.49. The number of hydrogen-bond donors (Lipinski definition) is 1. The summed E-state index contributed by atoms with van der Waals surface area (Å²) < 4.78 is 0. The van der Waals surface area contributed by atoms with E-state index in [1.807, 2.05) is 0 Å². The third-order valence-corrected chi connectivity index (χ3v) is 5.88. The van der Waals surface area contributed by atoms with Gasteiger partial charge in [0.1, 0.15) is 0 Å². The predicted octanol–water partition coefficient (Wildman–Crippen LogP) is 3.17. The molecule has 0 aromatic rings. The van der Waals surface area contributed by atoms with Crippen molar-refractivity contribution in [1.82, 2.24) is 10.2 Å². The van der Waals surface area contributed by atoms with Crippen LogP contribution in [0.3, 0.4) is 0 Å². The molecule has 3 aliphatic rings. The highest BCUT2D eigenvalue weighted by Gasteiger charge is 2.43. The summed E-state index contributed by atoms with van der Waals surface area (Å²) in [6.07, 6.45) is 9.94. The monoisotopic (exact) mass is 250 g/mol. The van der Waals surface area contributed by atoms with Crippen LogP contribution in [-0.4, -0.2) is 35.6 Å². The number of nitrogens with zero attached hydrogens (tertiary/aromatic N) is 1. The van der Waals surface area contributed by atoms with Crippen LogP contribution < -0.4 is 5.32 Å². The van der Waals surface area contributed by atoms with Crippen LogP contribution in [0.1, 0.15) is 65.7 Å². The maximum atomic E-state index is 3.78. The zero-order chi connectivity index (χ0) is 12.8. The molecule has 2 heterocycles. The van der Waals surface area contributed by atoms with Gasteiger partial charge in [-0.2, -0.15) is 0 Å². The number of fused-ring (bicyclic) bond motifs is 2. The second kappa shape index (κ2) is 4.79. The normalized spacial score (nSPS) is 42.7. The summed E-state index contributed by atoms with van der Waals surface area (Å²) >= 11 is 0. The molecule has 2 aliphatic heterocycles. The minimum absolute atomic E-state index is 0.542. The van der Waals surface area contributed by atoms with Crippen molar-refractivity contribution >= 4 is 0 Å². The Balaban J connectivity index is 1.72. The van der Waals surface area contributed by atoms with Crippen molar-refractivity contribution < 1.29 is 0 Å². The molecule has 3 atom stereocenters. The van der Waals surface area contributed by atoms with Crippen molar-refractivity contribution in [2.75, 3.05) is 6.54 Å². The van der Waals surface area contributed by atoms with Crippen LogP contribution in [0, 0.1) is 5.41 Å². The molecule has 0 amide bonds. The second-order valence-corrected chi connectivity index (χ2v) is 7.49. The zero-order valence-electron chi connectivity index (χ0n) is 12.4. The van der Waals surface area contributed by atoms with E-state index in [0.29, 0.717) is 5.41 Å². The van der Waals surface area contributed by atoms with E-state index in [-0.39, 0.29) is 0 Å². The summed E-state index contributed by atoms with van der Waals surface area (Å²) in [4.78, 5) is 2.87. The Kier molecular flexibility index (Phi) is 3.44. The molecular formula is C16H30N2. The van der Waals surface area contributed by atoms with Gasteiger partial charge in [0.2, 0.25) is 0 Å². The minimum atomic E-state index is 0.542. The fraction of sp³-hybridized carbons (Fsp3) is 1.00. The van der Waals surface area contributed by atoms with E-state index in [1.54, 1.807) is 0 Å². The van der Waals surface area contributed by atoms with E-state index in [0.717, 1.165) is 24.2 Å². The van der Waals surface area contributed by atoms with E-state index in [4.69, 9.17) is 0 Å². The SMILES string of the molecule is CCN(C1CC2CCC(C1)N2)C1CCCC1(C)C. The lowest BCUT2D eigenvalue weighted by Crippen LogP contribution is -2.53. The van der Waals surface area contributed by atoms with Crippen molar-refractivity contribution in [3.8, 4) is 0 Å². The molecule has 0 aromatic heterocycles. The molecule has 104 valence electrons. The summed E-state index contributed by atoms with van der Waals surface area (Å²) in [6, 6.07) is 3.35. The van der Waals surface area contributed by atoms with Gasteiger partial charge in [0.15, 0.2) is 0 Å². The Labute approximate surface area is 113 Å². The average Bonchev–Trinajstić information content (AvgIpc) is 2.84. The number of rotatable bonds is 3. The highest BCUT2D eigenvalue weighted by molar-refractivity contribution is 5.00. The fourth-order valence-corrected chi connectivity index (χ4v) is 4.95. The molecule has 0 aromatic carbocycles. The first-order valence-corrected chi connectivity index (χ1v) is 8.12. The fourth-order valence-electron chi connectivity index (χ4n) is 4.95. The number of nitrogens with one attached hydrogen (secondary N) is 1. The standard InChI is InChI=1S/C16H30N2/c1-4-18(15-6-5-9-16(15,2)3)14-10-12-7-8-13(11-14)17-12/h12-15,17H,4-11H2,1-3H3. The molecule has 2 nitrogen and oxygen atoms in total. The van der Waals surface area contributed by atoms with Gasteiger partial charge in [-0.05, 0) is 50.5 Å². The van der Waals surface area contributed by atoms with E-state index in [2.05, 4.69) is 31.0 Å². The van der Waals surface area contributed by atoms with Gasteiger partial charge in [-0.1, -0.05) is 27.2 Å². The molecule has 1 saturated carbocycles. The molecule has 1 N–H and O–H groups in total. The van der Waals surface area contributed by atoms with Crippen LogP contribution in [0.5, 0.6) is 0 Å². The molecule has 0 radical (unpaired) electrons. The Hall–Kier alpha value is -0.0800. The Morgan fingerprint density at radius 2 is 1.78 bits per heavy atom. The maximum absolute atomic E-state index is 3.78. The van der Waals surface area contributed by atoms with Gasteiger partial charge < -0.3 is 5.32 Å². The van der Waals surface area contributed by atoms with Crippen LogP contribution in [0.25, 0.3) is 0 Å². The molecule has 1 aliphatic carbocycles. The van der Waals surface area contributed by atoms with Crippen LogP contribution in [0.15, 0.2) is 0 Å². The number of hydrogen-bond acceptors (Lipinski definition) is 2. The maximum Gasteiger partial charge on any atom is 0.0149 e. The molecule has 3 unspecified atom stereocenters. The first-order valence-electron chi connectivity index (χ1n) is 8.12. The van der Waals surface area contributed by atoms with Gasteiger partial charge in [-0.25, -0.2) is 0 Å².